The third-order valence-electron chi connectivity index (χ3n) is 1.97. The van der Waals surface area contributed by atoms with E-state index in [0.29, 0.717) is 0 Å². The van der Waals surface area contributed by atoms with Gasteiger partial charge < -0.3 is 15.4 Å². The molecular weight excluding hydrogens is 166 g/mol. The average Bonchev–Trinajstić information content (AvgIpc) is 1.83. The van der Waals surface area contributed by atoms with Gasteiger partial charge in [0.15, 0.2) is 5.41 Å². The average molecular weight is 173 g/mol. The second-order valence-electron chi connectivity index (χ2n) is 2.71. The lowest BCUT2D eigenvalue weighted by molar-refractivity contribution is -0.165. The standard InChI is InChI=1S/C6H7NO5/c8-4(9)6(5(10)11)1-3(2-6)7-12/h12H,1-2H2,(H,8,9)(H,10,11). The first kappa shape index (κ1) is 8.51. The lowest BCUT2D eigenvalue weighted by atomic mass is 9.67. The van der Waals surface area contributed by atoms with E-state index in [1.54, 1.807) is 0 Å². The molecule has 0 aliphatic heterocycles. The van der Waals surface area contributed by atoms with E-state index in [-0.39, 0.29) is 18.6 Å². The molecule has 0 aromatic rings. The van der Waals surface area contributed by atoms with E-state index in [2.05, 4.69) is 5.16 Å². The molecular formula is C6H7NO5. The van der Waals surface area contributed by atoms with Crippen molar-refractivity contribution >= 4 is 17.7 Å². The van der Waals surface area contributed by atoms with Crippen LogP contribution in [0.2, 0.25) is 0 Å². The monoisotopic (exact) mass is 173 g/mol. The molecule has 0 spiro atoms. The first-order valence-corrected chi connectivity index (χ1v) is 3.19. The molecule has 1 aliphatic rings. The first-order chi connectivity index (χ1) is 5.53. The lowest BCUT2D eigenvalue weighted by Gasteiger charge is -2.33. The van der Waals surface area contributed by atoms with Crippen LogP contribution in [0.4, 0.5) is 0 Å². The van der Waals surface area contributed by atoms with Crippen molar-refractivity contribution in [2.75, 3.05) is 0 Å². The van der Waals surface area contributed by atoms with Crippen LogP contribution in [0.3, 0.4) is 0 Å². The molecule has 1 aliphatic carbocycles. The minimum atomic E-state index is -1.76. The summed E-state index contributed by atoms with van der Waals surface area (Å²) in [7, 11) is 0. The topological polar surface area (TPSA) is 107 Å². The van der Waals surface area contributed by atoms with E-state index in [0.717, 1.165) is 0 Å². The SMILES string of the molecule is O=C(O)C1(C(=O)O)CC(=NO)C1. The maximum Gasteiger partial charge on any atom is 0.321 e. The van der Waals surface area contributed by atoms with Gasteiger partial charge in [-0.05, 0) is 0 Å². The van der Waals surface area contributed by atoms with E-state index in [1.807, 2.05) is 0 Å². The summed E-state index contributed by atoms with van der Waals surface area (Å²) in [4.78, 5) is 21.0. The fraction of sp³-hybridized carbons (Fsp3) is 0.500. The Labute approximate surface area is 67.1 Å². The zero-order valence-corrected chi connectivity index (χ0v) is 6.02. The molecule has 1 saturated carbocycles. The molecule has 6 nitrogen and oxygen atoms in total. The Morgan fingerprint density at radius 1 is 1.25 bits per heavy atom. The molecule has 0 heterocycles. The van der Waals surface area contributed by atoms with Gasteiger partial charge >= 0.3 is 11.9 Å². The molecule has 0 amide bonds. The van der Waals surface area contributed by atoms with Crippen LogP contribution in [-0.2, 0) is 9.59 Å². The smallest absolute Gasteiger partial charge is 0.321 e. The van der Waals surface area contributed by atoms with Gasteiger partial charge in [-0.25, -0.2) is 0 Å². The van der Waals surface area contributed by atoms with Crippen LogP contribution in [0.25, 0.3) is 0 Å². The number of rotatable bonds is 2. The van der Waals surface area contributed by atoms with Crippen molar-refractivity contribution < 1.29 is 25.0 Å². The normalized spacial score (nSPS) is 19.5. The summed E-state index contributed by atoms with van der Waals surface area (Å²) in [6, 6.07) is 0. The minimum Gasteiger partial charge on any atom is -0.480 e. The van der Waals surface area contributed by atoms with Gasteiger partial charge in [-0.1, -0.05) is 5.16 Å². The molecule has 66 valence electrons. The van der Waals surface area contributed by atoms with Crippen LogP contribution in [-0.4, -0.2) is 33.1 Å². The van der Waals surface area contributed by atoms with Gasteiger partial charge in [0.2, 0.25) is 0 Å². The molecule has 0 unspecified atom stereocenters. The van der Waals surface area contributed by atoms with Gasteiger partial charge in [0.25, 0.3) is 0 Å². The van der Waals surface area contributed by atoms with E-state index < -0.39 is 17.4 Å². The number of hydrogen-bond donors (Lipinski definition) is 3. The van der Waals surface area contributed by atoms with E-state index in [4.69, 9.17) is 15.4 Å². The van der Waals surface area contributed by atoms with Crippen LogP contribution in [0, 0.1) is 5.41 Å². The fourth-order valence-corrected chi connectivity index (χ4v) is 1.11. The van der Waals surface area contributed by atoms with E-state index >= 15 is 0 Å². The summed E-state index contributed by atoms with van der Waals surface area (Å²) < 4.78 is 0. The number of nitrogens with zero attached hydrogens (tertiary/aromatic N) is 1. The van der Waals surface area contributed by atoms with Gasteiger partial charge in [0.05, 0.1) is 5.71 Å². The number of hydrogen-bond acceptors (Lipinski definition) is 4. The zero-order valence-electron chi connectivity index (χ0n) is 6.02. The molecule has 6 heteroatoms. The molecule has 0 bridgehead atoms. The Balaban J connectivity index is 2.83. The summed E-state index contributed by atoms with van der Waals surface area (Å²) in [5.74, 6) is -2.77. The van der Waals surface area contributed by atoms with E-state index in [1.165, 1.54) is 0 Å². The number of carboxylic acid groups (broad SMARTS) is 2. The van der Waals surface area contributed by atoms with Crippen LogP contribution in [0.5, 0.6) is 0 Å². The van der Waals surface area contributed by atoms with Crippen molar-refractivity contribution in [2.24, 2.45) is 10.6 Å². The highest BCUT2D eigenvalue weighted by atomic mass is 16.4. The predicted octanol–water partition coefficient (Wildman–Crippen LogP) is -0.234. The van der Waals surface area contributed by atoms with Crippen molar-refractivity contribution in [3.63, 3.8) is 0 Å². The summed E-state index contributed by atoms with van der Waals surface area (Å²) in [5.41, 5.74) is -1.55. The third-order valence-corrected chi connectivity index (χ3v) is 1.97. The predicted molar refractivity (Wildman–Crippen MR) is 36.2 cm³/mol. The van der Waals surface area contributed by atoms with Crippen molar-refractivity contribution in [3.05, 3.63) is 0 Å². The molecule has 0 aromatic carbocycles. The Morgan fingerprint density at radius 2 is 1.67 bits per heavy atom. The van der Waals surface area contributed by atoms with Gasteiger partial charge in [0.1, 0.15) is 0 Å². The molecule has 0 radical (unpaired) electrons. The third kappa shape index (κ3) is 0.919. The molecule has 3 N–H and O–H groups in total. The zero-order chi connectivity index (χ0) is 9.35. The molecule has 0 aromatic heterocycles. The summed E-state index contributed by atoms with van der Waals surface area (Å²) in [6.07, 6.45) is -0.428. The summed E-state index contributed by atoms with van der Waals surface area (Å²) in [5, 5.41) is 28.0. The van der Waals surface area contributed by atoms with Crippen molar-refractivity contribution in [1.82, 2.24) is 0 Å². The second-order valence-corrected chi connectivity index (χ2v) is 2.71. The largest absolute Gasteiger partial charge is 0.480 e. The summed E-state index contributed by atoms with van der Waals surface area (Å²) in [6.45, 7) is 0. The number of oxime groups is 1. The van der Waals surface area contributed by atoms with Crippen LogP contribution in [0.15, 0.2) is 5.16 Å². The van der Waals surface area contributed by atoms with Crippen molar-refractivity contribution in [1.29, 1.82) is 0 Å². The van der Waals surface area contributed by atoms with Crippen LogP contribution in [0.1, 0.15) is 12.8 Å². The minimum absolute atomic E-state index is 0.208. The van der Waals surface area contributed by atoms with Crippen molar-refractivity contribution in [3.8, 4) is 0 Å². The number of carboxylic acids is 2. The summed E-state index contributed by atoms with van der Waals surface area (Å²) >= 11 is 0. The quantitative estimate of drug-likeness (QED) is 0.303. The maximum atomic E-state index is 10.5. The molecule has 0 atom stereocenters. The fourth-order valence-electron chi connectivity index (χ4n) is 1.11. The van der Waals surface area contributed by atoms with Crippen LogP contribution < -0.4 is 0 Å². The number of aliphatic carboxylic acids is 2. The Hall–Kier alpha value is -1.59. The second kappa shape index (κ2) is 2.47. The lowest BCUT2D eigenvalue weighted by Crippen LogP contribution is -2.50. The highest BCUT2D eigenvalue weighted by Crippen LogP contribution is 2.39. The van der Waals surface area contributed by atoms with Crippen LogP contribution >= 0.6 is 0 Å². The maximum absolute atomic E-state index is 10.5. The highest BCUT2D eigenvalue weighted by Gasteiger charge is 2.55. The highest BCUT2D eigenvalue weighted by molar-refractivity contribution is 6.12. The molecule has 0 saturated heterocycles. The first-order valence-electron chi connectivity index (χ1n) is 3.19. The van der Waals surface area contributed by atoms with Gasteiger partial charge in [0, 0.05) is 12.8 Å². The Bertz CT molecular complexity index is 245. The van der Waals surface area contributed by atoms with Gasteiger partial charge in [-0.2, -0.15) is 0 Å². The molecule has 1 fully saturated rings. The van der Waals surface area contributed by atoms with Gasteiger partial charge in [-0.3, -0.25) is 9.59 Å². The van der Waals surface area contributed by atoms with E-state index in [9.17, 15) is 9.59 Å². The van der Waals surface area contributed by atoms with Gasteiger partial charge in [-0.15, -0.1) is 0 Å². The van der Waals surface area contributed by atoms with Crippen molar-refractivity contribution in [2.45, 2.75) is 12.8 Å². The molecule has 12 heavy (non-hydrogen) atoms. The Kier molecular flexibility index (Phi) is 1.75. The Morgan fingerprint density at radius 3 is 1.92 bits per heavy atom. The number of carbonyl (C=O) groups is 2. The molecule has 1 rings (SSSR count).